The van der Waals surface area contributed by atoms with Crippen molar-refractivity contribution < 1.29 is 59.8 Å². The number of benzene rings is 1. The molecule has 122 valence electrons. The molecule has 1 aromatic carbocycles. The van der Waals surface area contributed by atoms with Gasteiger partial charge in [-0.05, 0) is 18.6 Å². The fraction of sp³-hybridized carbons (Fsp3) is 0.500. The van der Waals surface area contributed by atoms with Crippen LogP contribution in [-0.4, -0.2) is 23.4 Å². The van der Waals surface area contributed by atoms with E-state index in [1.54, 1.807) is 6.07 Å². The van der Waals surface area contributed by atoms with Gasteiger partial charge in [-0.2, -0.15) is 16.8 Å². The van der Waals surface area contributed by atoms with E-state index < -0.39 is 20.8 Å². The number of para-hydroxylation sites is 1. The maximum absolute atomic E-state index is 11.4. The van der Waals surface area contributed by atoms with Crippen LogP contribution in [0.15, 0.2) is 30.3 Å². The van der Waals surface area contributed by atoms with Crippen LogP contribution in [0, 0.1) is 0 Å². The molecule has 0 saturated carbocycles. The normalized spacial score (nSPS) is 11.7. The Morgan fingerprint density at radius 3 is 2.18 bits per heavy atom. The smallest absolute Gasteiger partial charge is 1.00 e. The van der Waals surface area contributed by atoms with Gasteiger partial charge in [0.15, 0.2) is 0 Å². The molecule has 1 rings (SSSR count). The van der Waals surface area contributed by atoms with Crippen LogP contribution in [0.2, 0.25) is 0 Å². The van der Waals surface area contributed by atoms with Gasteiger partial charge in [0.25, 0.3) is 0 Å². The second-order valence-electron chi connectivity index (χ2n) is 4.16. The van der Waals surface area contributed by atoms with Crippen LogP contribution in [-0.2, 0) is 28.6 Å². The van der Waals surface area contributed by atoms with Crippen molar-refractivity contribution in [2.24, 2.45) is 0 Å². The van der Waals surface area contributed by atoms with Gasteiger partial charge in [-0.3, -0.25) is 0 Å². The number of unbranched alkanes of at least 4 members (excludes halogenated alkanes) is 3. The molecule has 22 heavy (non-hydrogen) atoms. The van der Waals surface area contributed by atoms with E-state index in [1.807, 2.05) is 6.92 Å². The van der Waals surface area contributed by atoms with Crippen molar-refractivity contribution in [2.45, 2.75) is 32.6 Å². The van der Waals surface area contributed by atoms with Gasteiger partial charge in [-0.1, -0.05) is 48.0 Å². The van der Waals surface area contributed by atoms with E-state index >= 15 is 0 Å². The quantitative estimate of drug-likeness (QED) is 0.400. The average Bonchev–Trinajstić information content (AvgIpc) is 2.37. The molecule has 10 heteroatoms. The van der Waals surface area contributed by atoms with Gasteiger partial charge < -0.3 is 5.61 Å². The molecule has 0 heterocycles. The van der Waals surface area contributed by atoms with E-state index in [4.69, 9.17) is 0 Å². The predicted molar refractivity (Wildman–Crippen MR) is 77.2 cm³/mol. The van der Waals surface area contributed by atoms with Crippen molar-refractivity contribution in [3.05, 3.63) is 30.3 Å². The molecule has 1 aromatic rings. The molecule has 0 bridgehead atoms. The minimum Gasteiger partial charge on any atom is -1.00 e. The summed E-state index contributed by atoms with van der Waals surface area (Å²) < 4.78 is 58.5. The molecule has 0 spiro atoms. The first-order valence-corrected chi connectivity index (χ1v) is 9.11. The Balaban J connectivity index is 0. The van der Waals surface area contributed by atoms with Crippen molar-refractivity contribution in [3.8, 4) is 5.75 Å². The summed E-state index contributed by atoms with van der Waals surface area (Å²) in [5.41, 5.74) is 0. The zero-order valence-electron chi connectivity index (χ0n) is 13.6. The fourth-order valence-electron chi connectivity index (χ4n) is 1.42. The van der Waals surface area contributed by atoms with Crippen LogP contribution in [0.4, 0.5) is 0 Å². The van der Waals surface area contributed by atoms with Crippen molar-refractivity contribution >= 4 is 20.8 Å². The van der Waals surface area contributed by atoms with Crippen LogP contribution in [0.3, 0.4) is 0 Å². The van der Waals surface area contributed by atoms with Gasteiger partial charge in [-0.15, -0.1) is 0 Å². The Labute approximate surface area is 155 Å². The second kappa shape index (κ2) is 10.6. The molecule has 0 saturated heterocycles. The molecule has 0 aliphatic rings. The summed E-state index contributed by atoms with van der Waals surface area (Å²) in [6.07, 6.45) is 3.22. The van der Waals surface area contributed by atoms with Gasteiger partial charge in [-0.25, -0.2) is 4.18 Å². The van der Waals surface area contributed by atoms with Crippen LogP contribution in [0.25, 0.3) is 0 Å². The zero-order chi connectivity index (χ0) is 15.8. The molecule has 0 fully saturated rings. The Morgan fingerprint density at radius 2 is 1.59 bits per heavy atom. The Bertz CT molecular complexity index is 620. The monoisotopic (exact) mass is 362 g/mol. The standard InChI is InChI=1S/C12H18O7S2.Na.H/c1-2-3-4-8-11-17-20(13,14)19-21(15,16)18-12-9-6-5-7-10-12;;/h5-7,9-10H,2-4,8,11H2,1H3;;/q;+1;-1. The average molecular weight is 362 g/mol. The third kappa shape index (κ3) is 9.78. The van der Waals surface area contributed by atoms with E-state index in [1.165, 1.54) is 24.3 Å². The molecule has 0 atom stereocenters. The molecule has 0 amide bonds. The SMILES string of the molecule is CCCCCCOS(=O)(=O)OS(=O)(=O)Oc1ccccc1.[H-].[Na+]. The maximum Gasteiger partial charge on any atom is 1.00 e. The maximum atomic E-state index is 11.4. The van der Waals surface area contributed by atoms with E-state index in [0.717, 1.165) is 19.3 Å². The molecule has 0 aromatic heterocycles. The van der Waals surface area contributed by atoms with Crippen molar-refractivity contribution in [1.29, 1.82) is 0 Å². The van der Waals surface area contributed by atoms with Gasteiger partial charge in [0.05, 0.1) is 6.61 Å². The van der Waals surface area contributed by atoms with E-state index in [9.17, 15) is 16.8 Å². The Morgan fingerprint density at radius 1 is 0.955 bits per heavy atom. The summed E-state index contributed by atoms with van der Waals surface area (Å²) in [5.74, 6) is -0.0596. The molecule has 0 aliphatic carbocycles. The molecule has 0 aliphatic heterocycles. The van der Waals surface area contributed by atoms with E-state index in [2.05, 4.69) is 12.0 Å². The molecule has 7 nitrogen and oxygen atoms in total. The largest absolute Gasteiger partial charge is 1.00 e. The van der Waals surface area contributed by atoms with E-state index in [0.29, 0.717) is 6.42 Å². The zero-order valence-corrected chi connectivity index (χ0v) is 16.2. The minimum absolute atomic E-state index is 0. The van der Waals surface area contributed by atoms with Crippen molar-refractivity contribution in [2.75, 3.05) is 6.61 Å². The first kappa shape index (κ1) is 21.8. The first-order valence-electron chi connectivity index (χ1n) is 6.44. The molecular formula is C12H19NaO7S2. The van der Waals surface area contributed by atoms with Crippen LogP contribution >= 0.6 is 0 Å². The number of rotatable bonds is 10. The molecule has 0 unspecified atom stereocenters. The van der Waals surface area contributed by atoms with Gasteiger partial charge in [0.1, 0.15) is 5.75 Å². The molecule has 0 N–H and O–H groups in total. The Kier molecular flexibility index (Phi) is 10.5. The molecular weight excluding hydrogens is 343 g/mol. The van der Waals surface area contributed by atoms with Gasteiger partial charge in [0, 0.05) is 0 Å². The van der Waals surface area contributed by atoms with Crippen LogP contribution in [0.1, 0.15) is 34.0 Å². The minimum atomic E-state index is -4.75. The topological polar surface area (TPSA) is 96.0 Å². The van der Waals surface area contributed by atoms with Crippen LogP contribution < -0.4 is 33.7 Å². The third-order valence-electron chi connectivity index (χ3n) is 2.33. The van der Waals surface area contributed by atoms with Crippen molar-refractivity contribution in [3.63, 3.8) is 0 Å². The van der Waals surface area contributed by atoms with Crippen molar-refractivity contribution in [1.82, 2.24) is 0 Å². The summed E-state index contributed by atoms with van der Waals surface area (Å²) in [7, 11) is -9.41. The Hall–Kier alpha value is -0.160. The molecule has 0 radical (unpaired) electrons. The summed E-state index contributed by atoms with van der Waals surface area (Å²) in [4.78, 5) is 0. The number of hydrogen-bond acceptors (Lipinski definition) is 7. The third-order valence-corrected chi connectivity index (χ3v) is 4.52. The predicted octanol–water partition coefficient (Wildman–Crippen LogP) is -0.715. The van der Waals surface area contributed by atoms with Gasteiger partial charge >= 0.3 is 50.4 Å². The fourth-order valence-corrected chi connectivity index (χ4v) is 3.17. The summed E-state index contributed by atoms with van der Waals surface area (Å²) in [6, 6.07) is 7.40. The number of hydrogen-bond donors (Lipinski definition) is 0. The van der Waals surface area contributed by atoms with Gasteiger partial charge in [0.2, 0.25) is 0 Å². The summed E-state index contributed by atoms with van der Waals surface area (Å²) in [5, 5.41) is 0. The van der Waals surface area contributed by atoms with E-state index in [-0.39, 0.29) is 43.3 Å². The van der Waals surface area contributed by atoms with Crippen LogP contribution in [0.5, 0.6) is 5.75 Å². The first-order chi connectivity index (χ1) is 9.85. The summed E-state index contributed by atoms with van der Waals surface area (Å²) in [6.45, 7) is 1.87. The second-order valence-corrected chi connectivity index (χ2v) is 6.74. The summed E-state index contributed by atoms with van der Waals surface area (Å²) >= 11 is 0.